The van der Waals surface area contributed by atoms with Crippen molar-refractivity contribution in [2.75, 3.05) is 5.75 Å². The van der Waals surface area contributed by atoms with Gasteiger partial charge in [-0.25, -0.2) is 0 Å². The number of rotatable bonds is 7. The molecule has 100 valence electrons. The van der Waals surface area contributed by atoms with Crippen molar-refractivity contribution in [2.24, 2.45) is 4.99 Å². The van der Waals surface area contributed by atoms with E-state index < -0.39 is 0 Å². The van der Waals surface area contributed by atoms with Crippen LogP contribution in [0, 0.1) is 13.8 Å². The molecule has 0 aliphatic heterocycles. The average Bonchev–Trinajstić information content (AvgIpc) is 2.40. The van der Waals surface area contributed by atoms with Gasteiger partial charge in [0.1, 0.15) is 6.29 Å². The number of aryl methyl sites for hydroxylation is 2. The lowest BCUT2D eigenvalue weighted by molar-refractivity contribution is -0.107. The fourth-order valence-corrected chi connectivity index (χ4v) is 2.51. The molecule has 0 saturated carbocycles. The van der Waals surface area contributed by atoms with E-state index in [-0.39, 0.29) is 0 Å². The van der Waals surface area contributed by atoms with E-state index in [9.17, 15) is 4.79 Å². The Hall–Kier alpha value is -1.61. The Morgan fingerprint density at radius 1 is 1.42 bits per heavy atom. The predicted octanol–water partition coefficient (Wildman–Crippen LogP) is 4.13. The van der Waals surface area contributed by atoms with E-state index in [2.05, 4.69) is 43.8 Å². The van der Waals surface area contributed by atoms with Gasteiger partial charge in [-0.3, -0.25) is 4.99 Å². The summed E-state index contributed by atoms with van der Waals surface area (Å²) in [6.07, 6.45) is 6.86. The molecule has 0 amide bonds. The van der Waals surface area contributed by atoms with Crippen LogP contribution in [0.25, 0.3) is 0 Å². The first kappa shape index (κ1) is 15.4. The SMILES string of the molecule is C=N/C(=C\C=C/CC=O)CSc1ccc(C)cc1C. The molecule has 0 unspecified atom stereocenters. The molecule has 0 aliphatic carbocycles. The predicted molar refractivity (Wildman–Crippen MR) is 84.1 cm³/mol. The summed E-state index contributed by atoms with van der Waals surface area (Å²) in [7, 11) is 0. The number of hydrogen-bond acceptors (Lipinski definition) is 3. The maximum absolute atomic E-state index is 10.2. The summed E-state index contributed by atoms with van der Waals surface area (Å²) in [5.41, 5.74) is 3.47. The van der Waals surface area contributed by atoms with Crippen molar-refractivity contribution < 1.29 is 4.79 Å². The largest absolute Gasteiger partial charge is 0.303 e. The molecule has 0 aliphatic rings. The summed E-state index contributed by atoms with van der Waals surface area (Å²) in [5.74, 6) is 0.777. The number of nitrogens with zero attached hydrogens (tertiary/aromatic N) is 1. The summed E-state index contributed by atoms with van der Waals surface area (Å²) >= 11 is 1.75. The minimum absolute atomic E-state index is 0.436. The zero-order chi connectivity index (χ0) is 14.1. The third-order valence-corrected chi connectivity index (χ3v) is 3.78. The van der Waals surface area contributed by atoms with Crippen molar-refractivity contribution in [2.45, 2.75) is 25.2 Å². The Morgan fingerprint density at radius 2 is 2.21 bits per heavy atom. The Balaban J connectivity index is 2.62. The molecule has 0 N–H and O–H groups in total. The fraction of sp³-hybridized carbons (Fsp3) is 0.250. The second-order valence-corrected chi connectivity index (χ2v) is 5.22. The van der Waals surface area contributed by atoms with E-state index in [4.69, 9.17) is 0 Å². The number of aldehydes is 1. The van der Waals surface area contributed by atoms with Crippen LogP contribution in [0.3, 0.4) is 0 Å². The van der Waals surface area contributed by atoms with E-state index in [0.717, 1.165) is 17.7 Å². The highest BCUT2D eigenvalue weighted by atomic mass is 32.2. The Morgan fingerprint density at radius 3 is 2.84 bits per heavy atom. The summed E-state index contributed by atoms with van der Waals surface area (Å²) in [4.78, 5) is 15.4. The average molecular weight is 273 g/mol. The second kappa shape index (κ2) is 8.48. The van der Waals surface area contributed by atoms with Gasteiger partial charge >= 0.3 is 0 Å². The number of benzene rings is 1. The Labute approximate surface area is 119 Å². The molecule has 3 heteroatoms. The quantitative estimate of drug-likeness (QED) is 0.323. The van der Waals surface area contributed by atoms with Crippen LogP contribution >= 0.6 is 11.8 Å². The number of thioether (sulfide) groups is 1. The zero-order valence-electron chi connectivity index (χ0n) is 11.4. The van der Waals surface area contributed by atoms with Crippen molar-refractivity contribution in [3.8, 4) is 0 Å². The zero-order valence-corrected chi connectivity index (χ0v) is 12.2. The van der Waals surface area contributed by atoms with Crippen molar-refractivity contribution in [3.63, 3.8) is 0 Å². The molecule has 0 spiro atoms. The molecule has 0 fully saturated rings. The molecule has 1 aromatic carbocycles. The molecule has 0 heterocycles. The van der Waals surface area contributed by atoms with Crippen LogP contribution in [0.15, 0.2) is 52.0 Å². The van der Waals surface area contributed by atoms with Gasteiger partial charge in [0.05, 0.1) is 0 Å². The number of allylic oxidation sites excluding steroid dienone is 3. The summed E-state index contributed by atoms with van der Waals surface area (Å²) in [6, 6.07) is 6.43. The first-order chi connectivity index (χ1) is 9.17. The maximum Gasteiger partial charge on any atom is 0.123 e. The van der Waals surface area contributed by atoms with Gasteiger partial charge in [-0.15, -0.1) is 11.8 Å². The normalized spacial score (nSPS) is 11.8. The number of aliphatic imine (C=N–C) groups is 1. The van der Waals surface area contributed by atoms with Gasteiger partial charge in [0.2, 0.25) is 0 Å². The van der Waals surface area contributed by atoms with E-state index >= 15 is 0 Å². The topological polar surface area (TPSA) is 29.4 Å². The van der Waals surface area contributed by atoms with Crippen molar-refractivity contribution >= 4 is 24.8 Å². The first-order valence-electron chi connectivity index (χ1n) is 6.13. The maximum atomic E-state index is 10.2. The number of carbonyl (C=O) groups is 1. The van der Waals surface area contributed by atoms with Crippen molar-refractivity contribution in [1.29, 1.82) is 0 Å². The molecule has 1 rings (SSSR count). The van der Waals surface area contributed by atoms with E-state index in [1.54, 1.807) is 17.8 Å². The summed E-state index contributed by atoms with van der Waals surface area (Å²) in [5, 5.41) is 0. The van der Waals surface area contributed by atoms with Gasteiger partial charge in [-0.2, -0.15) is 0 Å². The van der Waals surface area contributed by atoms with E-state index in [1.807, 2.05) is 12.2 Å². The van der Waals surface area contributed by atoms with Crippen molar-refractivity contribution in [3.05, 3.63) is 53.3 Å². The molecular formula is C16H19NOS. The van der Waals surface area contributed by atoms with Crippen LogP contribution < -0.4 is 0 Å². The van der Waals surface area contributed by atoms with Crippen LogP contribution in [-0.2, 0) is 4.79 Å². The van der Waals surface area contributed by atoms with Gasteiger partial charge in [0, 0.05) is 22.8 Å². The lowest BCUT2D eigenvalue weighted by Crippen LogP contribution is -1.86. The minimum atomic E-state index is 0.436. The third-order valence-electron chi connectivity index (χ3n) is 2.57. The lowest BCUT2D eigenvalue weighted by Gasteiger charge is -2.06. The summed E-state index contributed by atoms with van der Waals surface area (Å²) in [6.45, 7) is 7.78. The number of carbonyl (C=O) groups excluding carboxylic acids is 1. The van der Waals surface area contributed by atoms with Crippen molar-refractivity contribution in [1.82, 2.24) is 0 Å². The molecule has 0 aromatic heterocycles. The van der Waals surface area contributed by atoms with Crippen LogP contribution in [0.2, 0.25) is 0 Å². The molecule has 0 atom stereocenters. The molecule has 0 bridgehead atoms. The van der Waals surface area contributed by atoms with E-state index in [1.165, 1.54) is 16.0 Å². The molecule has 0 radical (unpaired) electrons. The van der Waals surface area contributed by atoms with Crippen LogP contribution in [-0.4, -0.2) is 18.8 Å². The molecule has 2 nitrogen and oxygen atoms in total. The highest BCUT2D eigenvalue weighted by molar-refractivity contribution is 7.99. The fourth-order valence-electron chi connectivity index (χ4n) is 1.57. The molecule has 0 saturated heterocycles. The molecular weight excluding hydrogens is 254 g/mol. The standard InChI is InChI=1S/C16H19NOS/c1-13-8-9-16(14(2)11-13)19-12-15(17-3)7-5-4-6-10-18/h4-5,7-11H,3,6,12H2,1-2H3/b5-4-,15-7-. The van der Waals surface area contributed by atoms with Gasteiger partial charge < -0.3 is 4.79 Å². The first-order valence-corrected chi connectivity index (χ1v) is 7.12. The van der Waals surface area contributed by atoms with E-state index in [0.29, 0.717) is 6.42 Å². The highest BCUT2D eigenvalue weighted by Crippen LogP contribution is 2.25. The smallest absolute Gasteiger partial charge is 0.123 e. The monoisotopic (exact) mass is 273 g/mol. The Bertz CT molecular complexity index is 503. The van der Waals surface area contributed by atoms with Crippen LogP contribution in [0.5, 0.6) is 0 Å². The number of hydrogen-bond donors (Lipinski definition) is 0. The highest BCUT2D eigenvalue weighted by Gasteiger charge is 2.00. The van der Waals surface area contributed by atoms with Gasteiger partial charge in [-0.05, 0) is 38.3 Å². The Kier molecular flexibility index (Phi) is 6.90. The minimum Gasteiger partial charge on any atom is -0.303 e. The van der Waals surface area contributed by atoms with Gasteiger partial charge in [0.25, 0.3) is 0 Å². The van der Waals surface area contributed by atoms with Gasteiger partial charge in [0.15, 0.2) is 0 Å². The van der Waals surface area contributed by atoms with Crippen LogP contribution in [0.4, 0.5) is 0 Å². The molecule has 19 heavy (non-hydrogen) atoms. The summed E-state index contributed by atoms with van der Waals surface area (Å²) < 4.78 is 0. The molecule has 1 aromatic rings. The lowest BCUT2D eigenvalue weighted by atomic mass is 10.2. The van der Waals surface area contributed by atoms with Gasteiger partial charge in [-0.1, -0.05) is 29.8 Å². The second-order valence-electron chi connectivity index (χ2n) is 4.20. The third kappa shape index (κ3) is 5.71. The van der Waals surface area contributed by atoms with Crippen LogP contribution in [0.1, 0.15) is 17.5 Å².